The van der Waals surface area contributed by atoms with Gasteiger partial charge < -0.3 is 19.4 Å². The third-order valence-electron chi connectivity index (χ3n) is 13.1. The second-order valence-electron chi connectivity index (χ2n) is 21.6. The van der Waals surface area contributed by atoms with Crippen LogP contribution >= 0.6 is 7.82 Å². The fourth-order valence-electron chi connectivity index (χ4n) is 8.33. The van der Waals surface area contributed by atoms with E-state index in [0.29, 0.717) is 17.4 Å². The number of amides is 1. The molecule has 1 amide bonds. The number of rotatable bonds is 54. The first-order valence-electron chi connectivity index (χ1n) is 30.6. The van der Waals surface area contributed by atoms with Gasteiger partial charge in [-0.25, -0.2) is 4.57 Å². The smallest absolute Gasteiger partial charge is 0.456 e. The molecule has 432 valence electrons. The van der Waals surface area contributed by atoms with E-state index < -0.39 is 20.0 Å². The third-order valence-corrected chi connectivity index (χ3v) is 14.1. The van der Waals surface area contributed by atoms with E-state index in [9.17, 15) is 19.0 Å². The molecule has 0 aromatic rings. The van der Waals surface area contributed by atoms with Gasteiger partial charge in [0.15, 0.2) is 0 Å². The van der Waals surface area contributed by atoms with Gasteiger partial charge in [-0.3, -0.25) is 18.6 Å². The van der Waals surface area contributed by atoms with E-state index in [-0.39, 0.29) is 31.5 Å². The molecule has 0 rings (SSSR count). The number of esters is 1. The van der Waals surface area contributed by atoms with Gasteiger partial charge in [-0.2, -0.15) is 0 Å². The number of ether oxygens (including phenoxy) is 1. The monoisotopic (exact) mass is 1070 g/mol. The molecule has 0 bridgehead atoms. The molecule has 0 aliphatic rings. The van der Waals surface area contributed by atoms with E-state index in [2.05, 4.69) is 111 Å². The van der Waals surface area contributed by atoms with Crippen LogP contribution in [0.1, 0.15) is 252 Å². The van der Waals surface area contributed by atoms with E-state index in [0.717, 1.165) is 109 Å². The van der Waals surface area contributed by atoms with Crippen LogP contribution in [0, 0.1) is 0 Å². The molecule has 0 aliphatic heterocycles. The summed E-state index contributed by atoms with van der Waals surface area (Å²) in [6, 6.07) is -0.864. The van der Waals surface area contributed by atoms with Crippen LogP contribution in [0.3, 0.4) is 0 Å². The molecule has 0 aromatic carbocycles. The number of hydrogen-bond donors (Lipinski definition) is 2. The highest BCUT2D eigenvalue weighted by Crippen LogP contribution is 2.43. The predicted octanol–water partition coefficient (Wildman–Crippen LogP) is 18.8. The summed E-state index contributed by atoms with van der Waals surface area (Å²) in [5.41, 5.74) is 0. The fraction of sp³-hybridized carbons (Fsp3) is 0.723. The number of unbranched alkanes of at least 4 members (excludes halogenated alkanes) is 26. The Morgan fingerprint density at radius 1 is 0.493 bits per heavy atom. The quantitative estimate of drug-likeness (QED) is 0.0156. The molecule has 2 N–H and O–H groups in total. The van der Waals surface area contributed by atoms with Gasteiger partial charge in [0.2, 0.25) is 5.91 Å². The summed E-state index contributed by atoms with van der Waals surface area (Å²) >= 11 is 0. The number of phosphoric acid groups is 1. The topological polar surface area (TPSA) is 111 Å². The maximum Gasteiger partial charge on any atom is 0.472 e. The Morgan fingerprint density at radius 2 is 0.907 bits per heavy atom. The first-order chi connectivity index (χ1) is 36.4. The highest BCUT2D eigenvalue weighted by Gasteiger charge is 2.30. The van der Waals surface area contributed by atoms with Gasteiger partial charge >= 0.3 is 13.8 Å². The van der Waals surface area contributed by atoms with Gasteiger partial charge in [0.05, 0.1) is 33.8 Å². The summed E-state index contributed by atoms with van der Waals surface area (Å²) in [6.07, 6.45) is 72.6. The van der Waals surface area contributed by atoms with Crippen molar-refractivity contribution in [2.45, 2.75) is 264 Å². The normalized spacial score (nSPS) is 14.4. The fourth-order valence-corrected chi connectivity index (χ4v) is 9.07. The Morgan fingerprint density at radius 3 is 1.41 bits per heavy atom. The molecule has 0 saturated carbocycles. The molecule has 0 aliphatic carbocycles. The van der Waals surface area contributed by atoms with E-state index in [1.165, 1.54) is 109 Å². The Kier molecular flexibility index (Phi) is 52.1. The van der Waals surface area contributed by atoms with Crippen molar-refractivity contribution in [2.75, 3.05) is 40.9 Å². The van der Waals surface area contributed by atoms with Crippen LogP contribution < -0.4 is 5.32 Å². The number of nitrogens with one attached hydrogen (secondary N) is 1. The second kappa shape index (κ2) is 54.3. The average Bonchev–Trinajstić information content (AvgIpc) is 3.37. The second-order valence-corrected chi connectivity index (χ2v) is 23.0. The zero-order valence-corrected chi connectivity index (χ0v) is 50.2. The van der Waals surface area contributed by atoms with Gasteiger partial charge in [-0.05, 0) is 96.0 Å². The van der Waals surface area contributed by atoms with Gasteiger partial charge in [0.25, 0.3) is 0 Å². The zero-order chi connectivity index (χ0) is 55.0. The van der Waals surface area contributed by atoms with Crippen LogP contribution in [-0.2, 0) is 27.9 Å². The molecule has 3 unspecified atom stereocenters. The first kappa shape index (κ1) is 71.9. The number of phosphoric ester groups is 1. The molecule has 75 heavy (non-hydrogen) atoms. The summed E-state index contributed by atoms with van der Waals surface area (Å²) in [6.45, 7) is 6.82. The van der Waals surface area contributed by atoms with Gasteiger partial charge in [-0.1, -0.05) is 240 Å². The number of nitrogens with zero attached hydrogens (tertiary/aromatic N) is 1. The van der Waals surface area contributed by atoms with Crippen LogP contribution in [0.2, 0.25) is 0 Å². The SMILES string of the molecule is CC/C=C/C=C/C=C/CCCCCCCCCC(=O)NC(COP(=O)(O)OCC[N+](C)(C)C)C(/C=C\CCCCCCCCCCC)OC(=O)CCCCCCCCC/C=C\C/C=C\C/C=C\C/C=C\CCCCC. The molecule has 0 aromatic heterocycles. The van der Waals surface area contributed by atoms with Crippen molar-refractivity contribution in [1.29, 1.82) is 0 Å². The number of carbonyl (C=O) groups excluding carboxylic acids is 2. The standard InChI is InChI=1S/C65H115N2O7P/c1-7-10-13-16-19-22-25-27-29-30-31-32-33-34-35-36-38-40-43-46-49-52-55-58-65(69)74-63(56-53-50-47-44-41-24-21-18-15-12-9-3)62(61-73-75(70,71)72-60-59-67(4,5)6)66-64(68)57-54-51-48-45-42-39-37-28-26-23-20-17-14-11-8-2/h11,14,17,19-20,22-23,26-27,29,31-32,34-35,53,56,62-63H,7-10,12-13,15-16,18,21,24-25,28,30,33,36-52,54-55,57-61H2,1-6H3,(H-,66,68,70,71)/p+1/b14-11+,20-17+,22-19-,26-23+,29-27-,32-31-,35-34-,56-53-. The van der Waals surface area contributed by atoms with Crippen LogP contribution in [0.4, 0.5) is 0 Å². The lowest BCUT2D eigenvalue weighted by Gasteiger charge is -2.27. The van der Waals surface area contributed by atoms with E-state index in [4.69, 9.17) is 13.8 Å². The molecule has 3 atom stereocenters. The van der Waals surface area contributed by atoms with Crippen molar-refractivity contribution in [3.05, 3.63) is 97.2 Å². The lowest BCUT2D eigenvalue weighted by atomic mass is 10.1. The third kappa shape index (κ3) is 55.5. The Hall–Kier alpha value is -3.07. The molecule has 0 heterocycles. The number of likely N-dealkylation sites (N-methyl/N-ethyl adjacent to an activating group) is 1. The highest BCUT2D eigenvalue weighted by molar-refractivity contribution is 7.47. The molecule has 0 fully saturated rings. The van der Waals surface area contributed by atoms with Crippen LogP contribution in [-0.4, -0.2) is 74.3 Å². The van der Waals surface area contributed by atoms with Gasteiger partial charge in [0, 0.05) is 12.8 Å². The minimum absolute atomic E-state index is 0.0311. The lowest BCUT2D eigenvalue weighted by Crippen LogP contribution is -2.47. The van der Waals surface area contributed by atoms with Crippen LogP contribution in [0.5, 0.6) is 0 Å². The van der Waals surface area contributed by atoms with Crippen molar-refractivity contribution < 1.29 is 37.3 Å². The largest absolute Gasteiger partial charge is 0.472 e. The maximum absolute atomic E-state index is 13.5. The number of hydrogen-bond acceptors (Lipinski definition) is 6. The van der Waals surface area contributed by atoms with Crippen molar-refractivity contribution in [1.82, 2.24) is 5.32 Å². The molecule has 0 saturated heterocycles. The predicted molar refractivity (Wildman–Crippen MR) is 323 cm³/mol. The minimum atomic E-state index is -4.46. The summed E-state index contributed by atoms with van der Waals surface area (Å²) in [5, 5.41) is 3.04. The van der Waals surface area contributed by atoms with Crippen molar-refractivity contribution in [3.8, 4) is 0 Å². The lowest BCUT2D eigenvalue weighted by molar-refractivity contribution is -0.870. The molecule has 10 heteroatoms. The number of carbonyl (C=O) groups is 2. The van der Waals surface area contributed by atoms with Crippen LogP contribution in [0.15, 0.2) is 97.2 Å². The van der Waals surface area contributed by atoms with Gasteiger partial charge in [-0.15, -0.1) is 0 Å². The van der Waals surface area contributed by atoms with Gasteiger partial charge in [0.1, 0.15) is 19.3 Å². The van der Waals surface area contributed by atoms with Crippen molar-refractivity contribution in [2.24, 2.45) is 0 Å². The summed E-state index contributed by atoms with van der Waals surface area (Å²) in [4.78, 5) is 37.7. The molecule has 0 spiro atoms. The van der Waals surface area contributed by atoms with E-state index in [1.54, 1.807) is 0 Å². The molecular formula is C65H116N2O7P+. The Balaban J connectivity index is 5.23. The van der Waals surface area contributed by atoms with E-state index in [1.807, 2.05) is 33.3 Å². The molecular weight excluding hydrogens is 952 g/mol. The maximum atomic E-state index is 13.5. The first-order valence-corrected chi connectivity index (χ1v) is 32.1. The zero-order valence-electron chi connectivity index (χ0n) is 49.3. The summed E-state index contributed by atoms with van der Waals surface area (Å²) in [5.74, 6) is -0.536. The Labute approximate surface area is 462 Å². The Bertz CT molecular complexity index is 1610. The highest BCUT2D eigenvalue weighted by atomic mass is 31.2. The number of allylic oxidation sites excluding steroid dienone is 15. The average molecular weight is 1070 g/mol. The van der Waals surface area contributed by atoms with Crippen LogP contribution in [0.25, 0.3) is 0 Å². The summed E-state index contributed by atoms with van der Waals surface area (Å²) < 4.78 is 30.6. The number of quaternary nitrogens is 1. The van der Waals surface area contributed by atoms with Crippen molar-refractivity contribution in [3.63, 3.8) is 0 Å². The molecule has 9 nitrogen and oxygen atoms in total. The van der Waals surface area contributed by atoms with Crippen molar-refractivity contribution >= 4 is 19.7 Å². The summed E-state index contributed by atoms with van der Waals surface area (Å²) in [7, 11) is 1.47. The minimum Gasteiger partial charge on any atom is -0.456 e. The van der Waals surface area contributed by atoms with E-state index >= 15 is 0 Å². The molecule has 0 radical (unpaired) electrons.